The molecule has 0 fully saturated rings. The topological polar surface area (TPSA) is 63.8 Å². The van der Waals surface area contributed by atoms with Crippen LogP contribution in [0.4, 0.5) is 5.82 Å². The van der Waals surface area contributed by atoms with E-state index >= 15 is 0 Å². The molecule has 1 aromatic heterocycles. The van der Waals surface area contributed by atoms with Crippen LogP contribution in [0.5, 0.6) is 0 Å². The van der Waals surface area contributed by atoms with Crippen molar-refractivity contribution >= 4 is 5.82 Å². The number of hydrazine groups is 1. The third kappa shape index (κ3) is 1.89. The smallest absolute Gasteiger partial charge is 0.147 e. The lowest BCUT2D eigenvalue weighted by atomic mass is 10.0. The number of nitrogen functional groups attached to an aromatic ring is 1. The molecule has 4 nitrogen and oxygen atoms in total. The second kappa shape index (κ2) is 4.78. The molecule has 0 spiro atoms. The van der Waals surface area contributed by atoms with Crippen LogP contribution in [0.3, 0.4) is 0 Å². The largest absolute Gasteiger partial charge is 0.308 e. The molecule has 0 amide bonds. The Hall–Kier alpha value is -1.16. The van der Waals surface area contributed by atoms with Crippen LogP contribution >= 0.6 is 0 Å². The maximum Gasteiger partial charge on any atom is 0.147 e. The minimum Gasteiger partial charge on any atom is -0.308 e. The van der Waals surface area contributed by atoms with Crippen LogP contribution in [0, 0.1) is 0 Å². The molecule has 0 saturated carbocycles. The van der Waals surface area contributed by atoms with Crippen LogP contribution in [0.15, 0.2) is 0 Å². The zero-order valence-electron chi connectivity index (χ0n) is 10.1. The summed E-state index contributed by atoms with van der Waals surface area (Å²) in [6, 6.07) is 0. The van der Waals surface area contributed by atoms with E-state index < -0.39 is 0 Å². The average molecular weight is 220 g/mol. The van der Waals surface area contributed by atoms with Gasteiger partial charge in [-0.2, -0.15) is 0 Å². The first kappa shape index (κ1) is 11.3. The van der Waals surface area contributed by atoms with Crippen LogP contribution in [0.25, 0.3) is 0 Å². The quantitative estimate of drug-likeness (QED) is 0.603. The van der Waals surface area contributed by atoms with Crippen LogP contribution in [0.1, 0.15) is 56.1 Å². The molecule has 4 heteroatoms. The third-order valence-electron chi connectivity index (χ3n) is 3.44. The fourth-order valence-corrected chi connectivity index (χ4v) is 2.41. The van der Waals surface area contributed by atoms with E-state index in [1.54, 1.807) is 0 Å². The average Bonchev–Trinajstić information content (AvgIpc) is 2.77. The van der Waals surface area contributed by atoms with Crippen molar-refractivity contribution in [3.63, 3.8) is 0 Å². The molecule has 1 aliphatic carbocycles. The number of anilines is 1. The van der Waals surface area contributed by atoms with E-state index in [0.717, 1.165) is 37.3 Å². The first-order chi connectivity index (χ1) is 7.80. The van der Waals surface area contributed by atoms with E-state index in [4.69, 9.17) is 10.8 Å². The number of hydrogen-bond acceptors (Lipinski definition) is 4. The standard InChI is InChI=1S/C12H20N4/c1-3-8(4-2)11-14-10-7-5-6-9(10)12(15-11)16-13/h8H,3-7,13H2,1-2H3,(H,14,15,16). The third-order valence-corrected chi connectivity index (χ3v) is 3.44. The zero-order chi connectivity index (χ0) is 11.5. The minimum absolute atomic E-state index is 0.456. The Bertz CT molecular complexity index is 372. The lowest BCUT2D eigenvalue weighted by Gasteiger charge is -2.14. The number of hydrogen-bond donors (Lipinski definition) is 2. The molecule has 3 N–H and O–H groups in total. The molecule has 1 heterocycles. The van der Waals surface area contributed by atoms with Gasteiger partial charge in [-0.1, -0.05) is 13.8 Å². The first-order valence-corrected chi connectivity index (χ1v) is 6.16. The molecule has 0 unspecified atom stereocenters. The van der Waals surface area contributed by atoms with Crippen molar-refractivity contribution in [3.05, 3.63) is 17.1 Å². The van der Waals surface area contributed by atoms with Gasteiger partial charge in [0.05, 0.1) is 0 Å². The van der Waals surface area contributed by atoms with Crippen LogP contribution in [-0.2, 0) is 12.8 Å². The molecule has 0 aromatic carbocycles. The van der Waals surface area contributed by atoms with Crippen LogP contribution < -0.4 is 11.3 Å². The number of nitrogens with zero attached hydrogens (tertiary/aromatic N) is 2. The number of rotatable bonds is 4. The lowest BCUT2D eigenvalue weighted by Crippen LogP contribution is -2.15. The summed E-state index contributed by atoms with van der Waals surface area (Å²) in [7, 11) is 0. The molecule has 0 radical (unpaired) electrons. The van der Waals surface area contributed by atoms with E-state index in [1.165, 1.54) is 17.7 Å². The highest BCUT2D eigenvalue weighted by Gasteiger charge is 2.21. The molecule has 1 aliphatic rings. The van der Waals surface area contributed by atoms with Crippen molar-refractivity contribution in [2.75, 3.05) is 5.43 Å². The monoisotopic (exact) mass is 220 g/mol. The second-order valence-electron chi connectivity index (χ2n) is 4.37. The van der Waals surface area contributed by atoms with Gasteiger partial charge in [0.1, 0.15) is 11.6 Å². The predicted molar refractivity (Wildman–Crippen MR) is 65.2 cm³/mol. The summed E-state index contributed by atoms with van der Waals surface area (Å²) in [6.07, 6.45) is 5.46. The van der Waals surface area contributed by atoms with E-state index in [9.17, 15) is 0 Å². The van der Waals surface area contributed by atoms with E-state index in [0.29, 0.717) is 5.92 Å². The van der Waals surface area contributed by atoms with Gasteiger partial charge >= 0.3 is 0 Å². The van der Waals surface area contributed by atoms with Gasteiger partial charge in [0.15, 0.2) is 0 Å². The molecule has 88 valence electrons. The van der Waals surface area contributed by atoms with Crippen molar-refractivity contribution in [1.29, 1.82) is 0 Å². The van der Waals surface area contributed by atoms with Crippen LogP contribution in [-0.4, -0.2) is 9.97 Å². The molecule has 16 heavy (non-hydrogen) atoms. The highest BCUT2D eigenvalue weighted by molar-refractivity contribution is 5.48. The molecule has 0 saturated heterocycles. The van der Waals surface area contributed by atoms with Crippen molar-refractivity contribution in [2.24, 2.45) is 5.84 Å². The predicted octanol–water partition coefficient (Wildman–Crippen LogP) is 2.15. The van der Waals surface area contributed by atoms with Gasteiger partial charge in [-0.15, -0.1) is 0 Å². The highest BCUT2D eigenvalue weighted by Crippen LogP contribution is 2.29. The maximum absolute atomic E-state index is 5.53. The van der Waals surface area contributed by atoms with Crippen molar-refractivity contribution in [3.8, 4) is 0 Å². The summed E-state index contributed by atoms with van der Waals surface area (Å²) in [5, 5.41) is 0. The Morgan fingerprint density at radius 2 is 2.00 bits per heavy atom. The molecule has 0 aliphatic heterocycles. The summed E-state index contributed by atoms with van der Waals surface area (Å²) in [4.78, 5) is 9.25. The summed E-state index contributed by atoms with van der Waals surface area (Å²) in [5.41, 5.74) is 5.14. The number of aryl methyl sites for hydroxylation is 1. The van der Waals surface area contributed by atoms with Crippen molar-refractivity contribution in [2.45, 2.75) is 51.9 Å². The molecular formula is C12H20N4. The van der Waals surface area contributed by atoms with Gasteiger partial charge in [0.2, 0.25) is 0 Å². The number of nitrogens with two attached hydrogens (primary N) is 1. The van der Waals surface area contributed by atoms with Gasteiger partial charge in [-0.05, 0) is 32.1 Å². The molecule has 0 bridgehead atoms. The number of aromatic nitrogens is 2. The van der Waals surface area contributed by atoms with Crippen molar-refractivity contribution in [1.82, 2.24) is 9.97 Å². The Morgan fingerprint density at radius 3 is 2.62 bits per heavy atom. The van der Waals surface area contributed by atoms with E-state index in [1.807, 2.05) is 0 Å². The van der Waals surface area contributed by atoms with Crippen LogP contribution in [0.2, 0.25) is 0 Å². The van der Waals surface area contributed by atoms with Gasteiger partial charge in [-0.25, -0.2) is 15.8 Å². The van der Waals surface area contributed by atoms with E-state index in [-0.39, 0.29) is 0 Å². The SMILES string of the molecule is CCC(CC)c1nc2c(c(NN)n1)CCC2. The molecule has 0 atom stereocenters. The van der Waals surface area contributed by atoms with Gasteiger partial charge in [-0.3, -0.25) is 0 Å². The fourth-order valence-electron chi connectivity index (χ4n) is 2.41. The summed E-state index contributed by atoms with van der Waals surface area (Å²) in [5.74, 6) is 7.79. The van der Waals surface area contributed by atoms with Gasteiger partial charge < -0.3 is 5.43 Å². The molecule has 1 aromatic rings. The Labute approximate surface area is 96.6 Å². The number of nitrogens with one attached hydrogen (secondary N) is 1. The highest BCUT2D eigenvalue weighted by atomic mass is 15.3. The lowest BCUT2D eigenvalue weighted by molar-refractivity contribution is 0.599. The molecule has 2 rings (SSSR count). The summed E-state index contributed by atoms with van der Waals surface area (Å²) in [6.45, 7) is 4.36. The Kier molecular flexibility index (Phi) is 3.39. The van der Waals surface area contributed by atoms with E-state index in [2.05, 4.69) is 24.3 Å². The normalized spacial score (nSPS) is 14.2. The maximum atomic E-state index is 5.53. The van der Waals surface area contributed by atoms with Gasteiger partial charge in [0.25, 0.3) is 0 Å². The molecular weight excluding hydrogens is 200 g/mol. The Morgan fingerprint density at radius 1 is 1.25 bits per heavy atom. The summed E-state index contributed by atoms with van der Waals surface area (Å²) < 4.78 is 0. The minimum atomic E-state index is 0.456. The number of fused-ring (bicyclic) bond motifs is 1. The Balaban J connectivity index is 2.41. The van der Waals surface area contributed by atoms with Gasteiger partial charge in [0, 0.05) is 17.2 Å². The zero-order valence-corrected chi connectivity index (χ0v) is 10.1. The first-order valence-electron chi connectivity index (χ1n) is 6.16. The second-order valence-corrected chi connectivity index (χ2v) is 4.37. The van der Waals surface area contributed by atoms with Crippen molar-refractivity contribution < 1.29 is 0 Å². The fraction of sp³-hybridized carbons (Fsp3) is 0.667. The summed E-state index contributed by atoms with van der Waals surface area (Å²) >= 11 is 0.